The van der Waals surface area contributed by atoms with Crippen molar-refractivity contribution in [2.24, 2.45) is 13.0 Å². The summed E-state index contributed by atoms with van der Waals surface area (Å²) in [6.45, 7) is 4.17. The van der Waals surface area contributed by atoms with E-state index >= 15 is 0 Å². The highest BCUT2D eigenvalue weighted by molar-refractivity contribution is 7.90. The van der Waals surface area contributed by atoms with Gasteiger partial charge in [0.2, 0.25) is 0 Å². The van der Waals surface area contributed by atoms with Gasteiger partial charge < -0.3 is 5.32 Å². The van der Waals surface area contributed by atoms with Gasteiger partial charge in [0.25, 0.3) is 5.91 Å². The molecule has 8 heteroatoms. The van der Waals surface area contributed by atoms with Gasteiger partial charge in [-0.05, 0) is 18.4 Å². The fourth-order valence-electron chi connectivity index (χ4n) is 3.04. The molecule has 1 amide bonds. The monoisotopic (exact) mass is 342 g/mol. The largest absolute Gasteiger partial charge is 0.346 e. The van der Waals surface area contributed by atoms with Crippen molar-refractivity contribution >= 4 is 15.7 Å². The van der Waals surface area contributed by atoms with Crippen LogP contribution in [0.25, 0.3) is 0 Å². The van der Waals surface area contributed by atoms with Crippen LogP contribution in [0.5, 0.6) is 0 Å². The summed E-state index contributed by atoms with van der Waals surface area (Å²) in [7, 11) is -1.19. The van der Waals surface area contributed by atoms with Gasteiger partial charge in [-0.1, -0.05) is 13.3 Å². The maximum Gasteiger partial charge on any atom is 0.272 e. The zero-order chi connectivity index (χ0) is 17.0. The molecular weight excluding hydrogens is 316 g/mol. The minimum atomic E-state index is -2.96. The van der Waals surface area contributed by atoms with Crippen LogP contribution >= 0.6 is 0 Å². The van der Waals surface area contributed by atoms with E-state index in [1.807, 2.05) is 0 Å². The van der Waals surface area contributed by atoms with Gasteiger partial charge in [0.1, 0.15) is 15.5 Å². The molecule has 2 heterocycles. The van der Waals surface area contributed by atoms with E-state index in [1.54, 1.807) is 24.0 Å². The lowest BCUT2D eigenvalue weighted by molar-refractivity contribution is 0.0923. The number of amides is 1. The Kier molecular flexibility index (Phi) is 5.80. The van der Waals surface area contributed by atoms with Crippen molar-refractivity contribution < 1.29 is 13.2 Å². The number of aromatic nitrogens is 2. The van der Waals surface area contributed by atoms with Crippen molar-refractivity contribution in [1.29, 1.82) is 0 Å². The highest BCUT2D eigenvalue weighted by Gasteiger charge is 2.33. The Hall–Kier alpha value is -1.41. The predicted octanol–water partition coefficient (Wildman–Crippen LogP) is 0.295. The first kappa shape index (κ1) is 17.9. The second kappa shape index (κ2) is 7.44. The summed E-state index contributed by atoms with van der Waals surface area (Å²) in [4.78, 5) is 14.4. The summed E-state index contributed by atoms with van der Waals surface area (Å²) in [5.74, 6) is 0.348. The second-order valence-corrected chi connectivity index (χ2v) is 8.65. The first-order valence-corrected chi connectivity index (χ1v) is 10.0. The number of nitrogens with one attached hydrogen (secondary N) is 1. The average Bonchev–Trinajstić information content (AvgIpc) is 3.03. The molecule has 23 heavy (non-hydrogen) atoms. The third kappa shape index (κ3) is 5.31. The van der Waals surface area contributed by atoms with Gasteiger partial charge in [-0.15, -0.1) is 0 Å². The Morgan fingerprint density at radius 3 is 2.74 bits per heavy atom. The van der Waals surface area contributed by atoms with E-state index < -0.39 is 9.84 Å². The van der Waals surface area contributed by atoms with Gasteiger partial charge in [-0.3, -0.25) is 14.4 Å². The summed E-state index contributed by atoms with van der Waals surface area (Å²) in [6.07, 6.45) is 5.06. The van der Waals surface area contributed by atoms with E-state index in [2.05, 4.69) is 22.2 Å². The van der Waals surface area contributed by atoms with E-state index in [-0.39, 0.29) is 17.7 Å². The predicted molar refractivity (Wildman–Crippen MR) is 89.0 cm³/mol. The van der Waals surface area contributed by atoms with Gasteiger partial charge in [0.05, 0.1) is 5.75 Å². The van der Waals surface area contributed by atoms with Crippen LogP contribution in [-0.4, -0.2) is 66.7 Å². The average molecular weight is 342 g/mol. The molecule has 0 spiro atoms. The summed E-state index contributed by atoms with van der Waals surface area (Å²) in [5, 5.41) is 7.19. The maximum atomic E-state index is 12.3. The normalized spacial score (nSPS) is 22.4. The number of likely N-dealkylation sites (tertiary alicyclic amines) is 1. The highest BCUT2D eigenvalue weighted by Crippen LogP contribution is 2.22. The number of carbonyl (C=O) groups excluding carboxylic acids is 1. The number of aryl methyl sites for hydroxylation is 1. The van der Waals surface area contributed by atoms with Crippen LogP contribution in [0.2, 0.25) is 0 Å². The topological polar surface area (TPSA) is 84.3 Å². The molecule has 1 aromatic rings. The Balaban J connectivity index is 1.96. The molecule has 0 aromatic carbocycles. The number of hydrogen-bond acceptors (Lipinski definition) is 5. The minimum absolute atomic E-state index is 0.0454. The minimum Gasteiger partial charge on any atom is -0.346 e. The van der Waals surface area contributed by atoms with Gasteiger partial charge in [-0.2, -0.15) is 5.10 Å². The van der Waals surface area contributed by atoms with Gasteiger partial charge in [0, 0.05) is 45.2 Å². The smallest absolute Gasteiger partial charge is 0.272 e. The third-order valence-corrected chi connectivity index (χ3v) is 5.14. The zero-order valence-electron chi connectivity index (χ0n) is 14.0. The van der Waals surface area contributed by atoms with Crippen molar-refractivity contribution in [2.75, 3.05) is 31.6 Å². The lowest BCUT2D eigenvalue weighted by Crippen LogP contribution is -2.41. The Morgan fingerprint density at radius 1 is 1.43 bits per heavy atom. The van der Waals surface area contributed by atoms with E-state index in [4.69, 9.17) is 0 Å². The molecule has 0 unspecified atom stereocenters. The van der Waals surface area contributed by atoms with Crippen LogP contribution in [0.3, 0.4) is 0 Å². The van der Waals surface area contributed by atoms with E-state index in [9.17, 15) is 13.2 Å². The lowest BCUT2D eigenvalue weighted by atomic mass is 9.98. The van der Waals surface area contributed by atoms with Crippen LogP contribution in [0.1, 0.15) is 30.3 Å². The van der Waals surface area contributed by atoms with Crippen molar-refractivity contribution in [3.8, 4) is 0 Å². The zero-order valence-corrected chi connectivity index (χ0v) is 14.8. The molecule has 0 bridgehead atoms. The molecule has 1 aliphatic heterocycles. The molecule has 1 aliphatic rings. The Morgan fingerprint density at radius 2 is 2.17 bits per heavy atom. The van der Waals surface area contributed by atoms with Crippen LogP contribution in [0.4, 0.5) is 0 Å². The van der Waals surface area contributed by atoms with Gasteiger partial charge >= 0.3 is 0 Å². The lowest BCUT2D eigenvalue weighted by Gasteiger charge is -2.18. The maximum absolute atomic E-state index is 12.3. The molecule has 2 rings (SSSR count). The molecule has 1 aromatic heterocycles. The Labute approximate surface area is 138 Å². The molecular formula is C15H26N4O3S. The van der Waals surface area contributed by atoms with Crippen LogP contribution in [-0.2, 0) is 16.9 Å². The summed E-state index contributed by atoms with van der Waals surface area (Å²) >= 11 is 0. The summed E-state index contributed by atoms with van der Waals surface area (Å²) in [5.41, 5.74) is 0.414. The summed E-state index contributed by atoms with van der Waals surface area (Å²) in [6, 6.07) is 1.74. The Bertz CT molecular complexity index is 641. The molecule has 1 fully saturated rings. The standard InChI is InChI=1S/C15H26N4O3S/c1-4-5-12-10-19(8-9-23(3,21)22)11-14(12)16-15(20)13-6-7-18(2)17-13/h6-7,12,14H,4-5,8-11H2,1-3H3,(H,16,20)/t12-,14-/m0/s1. The fourth-order valence-corrected chi connectivity index (χ4v) is 3.63. The van der Waals surface area contributed by atoms with Crippen molar-refractivity contribution in [2.45, 2.75) is 25.8 Å². The van der Waals surface area contributed by atoms with E-state index in [1.165, 1.54) is 6.26 Å². The first-order valence-electron chi connectivity index (χ1n) is 7.99. The quantitative estimate of drug-likeness (QED) is 0.770. The number of rotatable bonds is 7. The molecule has 7 nitrogen and oxygen atoms in total. The molecule has 130 valence electrons. The van der Waals surface area contributed by atoms with Gasteiger partial charge in [0.15, 0.2) is 0 Å². The molecule has 0 saturated carbocycles. The van der Waals surface area contributed by atoms with Crippen LogP contribution in [0.15, 0.2) is 12.3 Å². The van der Waals surface area contributed by atoms with Crippen molar-refractivity contribution in [3.05, 3.63) is 18.0 Å². The SMILES string of the molecule is CCC[C@H]1CN(CCS(C)(=O)=O)C[C@@H]1NC(=O)c1ccn(C)n1. The highest BCUT2D eigenvalue weighted by atomic mass is 32.2. The third-order valence-electron chi connectivity index (χ3n) is 4.22. The summed E-state index contributed by atoms with van der Waals surface area (Å²) < 4.78 is 24.3. The number of carbonyl (C=O) groups is 1. The van der Waals surface area contributed by atoms with Crippen molar-refractivity contribution in [1.82, 2.24) is 20.0 Å². The molecule has 0 aliphatic carbocycles. The molecule has 1 N–H and O–H groups in total. The number of hydrogen-bond donors (Lipinski definition) is 1. The molecule has 1 saturated heterocycles. The molecule has 2 atom stereocenters. The van der Waals surface area contributed by atoms with Crippen molar-refractivity contribution in [3.63, 3.8) is 0 Å². The van der Waals surface area contributed by atoms with Crippen LogP contribution < -0.4 is 5.32 Å². The second-order valence-electron chi connectivity index (χ2n) is 6.39. The number of sulfone groups is 1. The van der Waals surface area contributed by atoms with E-state index in [0.29, 0.717) is 24.7 Å². The number of nitrogens with zero attached hydrogens (tertiary/aromatic N) is 3. The van der Waals surface area contributed by atoms with Crippen LogP contribution in [0, 0.1) is 5.92 Å². The first-order chi connectivity index (χ1) is 10.8. The fraction of sp³-hybridized carbons (Fsp3) is 0.733. The molecule has 0 radical (unpaired) electrons. The van der Waals surface area contributed by atoms with Gasteiger partial charge in [-0.25, -0.2) is 8.42 Å². The van der Waals surface area contributed by atoms with E-state index in [0.717, 1.165) is 19.4 Å².